The molecule has 2 aliphatic rings. The highest BCUT2D eigenvalue weighted by atomic mass is 79.9. The van der Waals surface area contributed by atoms with Gasteiger partial charge in [-0.2, -0.15) is 0 Å². The van der Waals surface area contributed by atoms with E-state index in [1.165, 1.54) is 12.8 Å². The molecule has 0 aromatic heterocycles. The fourth-order valence-electron chi connectivity index (χ4n) is 5.10. The van der Waals surface area contributed by atoms with Crippen LogP contribution in [0.25, 0.3) is 10.8 Å². The smallest absolute Gasteiger partial charge is 0.225 e. The maximum Gasteiger partial charge on any atom is 0.225 e. The molecule has 0 atom stereocenters. The molecule has 0 bridgehead atoms. The number of carbonyl (C=O) groups excluding carboxylic acids is 1. The summed E-state index contributed by atoms with van der Waals surface area (Å²) in [6.07, 6.45) is 4.64. The van der Waals surface area contributed by atoms with E-state index in [-0.39, 0.29) is 17.6 Å². The van der Waals surface area contributed by atoms with Crippen LogP contribution in [0.1, 0.15) is 32.1 Å². The molecule has 2 heterocycles. The predicted octanol–water partition coefficient (Wildman–Crippen LogP) is 3.69. The van der Waals surface area contributed by atoms with E-state index in [9.17, 15) is 13.2 Å². The second kappa shape index (κ2) is 10.8. The number of amides is 1. The summed E-state index contributed by atoms with van der Waals surface area (Å²) in [6.45, 7) is 4.62. The Bertz CT molecular complexity index is 1080. The molecule has 0 saturated carbocycles. The first kappa shape index (κ1) is 24.6. The Morgan fingerprint density at radius 3 is 2.45 bits per heavy atom. The lowest BCUT2D eigenvalue weighted by molar-refractivity contribution is -0.136. The Hall–Kier alpha value is -1.48. The Labute approximate surface area is 205 Å². The van der Waals surface area contributed by atoms with Gasteiger partial charge in [-0.1, -0.05) is 28.1 Å². The van der Waals surface area contributed by atoms with Crippen LogP contribution in [0.3, 0.4) is 0 Å². The van der Waals surface area contributed by atoms with Crippen LogP contribution < -0.4 is 5.32 Å². The zero-order chi connectivity index (χ0) is 23.4. The first-order valence-electron chi connectivity index (χ1n) is 12.0. The van der Waals surface area contributed by atoms with Crippen molar-refractivity contribution in [1.82, 2.24) is 15.1 Å². The van der Waals surface area contributed by atoms with Crippen molar-refractivity contribution in [2.45, 2.75) is 43.0 Å². The molecule has 1 amide bonds. The molecule has 0 radical (unpaired) electrons. The van der Waals surface area contributed by atoms with E-state index in [0.29, 0.717) is 23.9 Å². The second-order valence-electron chi connectivity index (χ2n) is 9.38. The number of hydrogen-bond acceptors (Lipinski definition) is 5. The van der Waals surface area contributed by atoms with Gasteiger partial charge < -0.3 is 15.1 Å². The average Bonchev–Trinajstić information content (AvgIpc) is 2.83. The maximum atomic E-state index is 12.9. The molecule has 4 rings (SSSR count). The van der Waals surface area contributed by atoms with Crippen LogP contribution in [0.5, 0.6) is 0 Å². The van der Waals surface area contributed by atoms with Crippen molar-refractivity contribution < 1.29 is 13.2 Å². The minimum atomic E-state index is -3.39. The van der Waals surface area contributed by atoms with Crippen molar-refractivity contribution in [3.05, 3.63) is 40.9 Å². The van der Waals surface area contributed by atoms with Crippen molar-refractivity contribution in [2.75, 3.05) is 45.5 Å². The lowest BCUT2D eigenvalue weighted by Gasteiger charge is -2.39. The van der Waals surface area contributed by atoms with Gasteiger partial charge >= 0.3 is 0 Å². The van der Waals surface area contributed by atoms with Crippen LogP contribution in [0.2, 0.25) is 0 Å². The highest BCUT2D eigenvalue weighted by molar-refractivity contribution is 9.10. The van der Waals surface area contributed by atoms with Gasteiger partial charge in [0, 0.05) is 30.0 Å². The summed E-state index contributed by atoms with van der Waals surface area (Å²) in [6, 6.07) is 11.7. The van der Waals surface area contributed by atoms with Crippen LogP contribution in [-0.2, 0) is 14.6 Å². The fourth-order valence-corrected chi connectivity index (χ4v) is 6.81. The summed E-state index contributed by atoms with van der Waals surface area (Å²) in [7, 11) is -1.58. The largest absolute Gasteiger partial charge is 0.345 e. The third kappa shape index (κ3) is 6.15. The van der Waals surface area contributed by atoms with Crippen LogP contribution in [0, 0.1) is 5.92 Å². The van der Waals surface area contributed by atoms with Gasteiger partial charge in [-0.05, 0) is 93.3 Å². The predicted molar refractivity (Wildman–Crippen MR) is 136 cm³/mol. The lowest BCUT2D eigenvalue weighted by atomic mass is 9.92. The number of benzene rings is 2. The zero-order valence-electron chi connectivity index (χ0n) is 19.3. The first-order chi connectivity index (χ1) is 15.8. The van der Waals surface area contributed by atoms with Crippen molar-refractivity contribution in [3.63, 3.8) is 0 Å². The maximum absolute atomic E-state index is 12.9. The third-order valence-corrected chi connectivity index (χ3v) is 9.41. The number of carbonyl (C=O) groups is 1. The minimum Gasteiger partial charge on any atom is -0.345 e. The summed E-state index contributed by atoms with van der Waals surface area (Å²) < 4.78 is 26.7. The van der Waals surface area contributed by atoms with E-state index in [1.54, 1.807) is 17.0 Å². The molecule has 2 aliphatic heterocycles. The molecule has 0 spiro atoms. The van der Waals surface area contributed by atoms with Gasteiger partial charge in [-0.3, -0.25) is 4.79 Å². The third-order valence-electron chi connectivity index (χ3n) is 7.12. The summed E-state index contributed by atoms with van der Waals surface area (Å²) in [4.78, 5) is 17.6. The Morgan fingerprint density at radius 1 is 1.06 bits per heavy atom. The van der Waals surface area contributed by atoms with E-state index in [0.717, 1.165) is 54.3 Å². The van der Waals surface area contributed by atoms with Gasteiger partial charge in [0.2, 0.25) is 5.91 Å². The number of piperidine rings is 2. The van der Waals surface area contributed by atoms with Gasteiger partial charge in [-0.25, -0.2) is 8.42 Å². The minimum absolute atomic E-state index is 0.0425. The molecule has 2 aromatic rings. The highest BCUT2D eigenvalue weighted by Gasteiger charge is 2.30. The van der Waals surface area contributed by atoms with E-state index in [1.807, 2.05) is 31.3 Å². The number of fused-ring (bicyclic) bond motifs is 1. The van der Waals surface area contributed by atoms with E-state index < -0.39 is 9.84 Å². The molecule has 0 unspecified atom stereocenters. The standard InChI is InChI=1S/C25H34BrN3O3S/c1-28(25(30)19-9-14-29(15-10-19)23-7-11-27-12-8-23)13-2-16-33(31,32)24-6-4-20-17-22(26)5-3-21(20)18-24/h3-6,17-19,23,27H,2,7-16H2,1H3. The zero-order valence-corrected chi connectivity index (χ0v) is 21.7. The first-order valence-corrected chi connectivity index (χ1v) is 14.4. The summed E-state index contributed by atoms with van der Waals surface area (Å²) in [5, 5.41) is 5.32. The van der Waals surface area contributed by atoms with Gasteiger partial charge in [0.1, 0.15) is 0 Å². The van der Waals surface area contributed by atoms with Crippen LogP contribution in [-0.4, -0.2) is 75.7 Å². The van der Waals surface area contributed by atoms with Crippen LogP contribution >= 0.6 is 15.9 Å². The Balaban J connectivity index is 1.25. The number of nitrogens with zero attached hydrogens (tertiary/aromatic N) is 2. The molecule has 33 heavy (non-hydrogen) atoms. The van der Waals surface area contributed by atoms with E-state index in [4.69, 9.17) is 0 Å². The topological polar surface area (TPSA) is 69.7 Å². The van der Waals surface area contributed by atoms with Gasteiger partial charge in [0.05, 0.1) is 10.6 Å². The van der Waals surface area contributed by atoms with Crippen LogP contribution in [0.4, 0.5) is 0 Å². The lowest BCUT2D eigenvalue weighted by Crippen LogP contribution is -2.48. The van der Waals surface area contributed by atoms with Crippen molar-refractivity contribution in [1.29, 1.82) is 0 Å². The SMILES string of the molecule is CN(CCCS(=O)(=O)c1ccc2cc(Br)ccc2c1)C(=O)C1CCN(C2CCNCC2)CC1. The number of nitrogens with one attached hydrogen (secondary N) is 1. The van der Waals surface area contributed by atoms with E-state index in [2.05, 4.69) is 26.1 Å². The summed E-state index contributed by atoms with van der Waals surface area (Å²) >= 11 is 3.44. The van der Waals surface area contributed by atoms with Crippen molar-refractivity contribution in [2.24, 2.45) is 5.92 Å². The molecule has 180 valence electrons. The number of rotatable bonds is 7. The monoisotopic (exact) mass is 535 g/mol. The molecule has 8 heteroatoms. The Kier molecular flexibility index (Phi) is 8.10. The second-order valence-corrected chi connectivity index (χ2v) is 12.4. The number of hydrogen-bond donors (Lipinski definition) is 1. The van der Waals surface area contributed by atoms with Crippen molar-refractivity contribution in [3.8, 4) is 0 Å². The Morgan fingerprint density at radius 2 is 1.73 bits per heavy atom. The van der Waals surface area contributed by atoms with Gasteiger partial charge in [0.15, 0.2) is 9.84 Å². The number of sulfone groups is 1. The number of halogens is 1. The molecule has 2 saturated heterocycles. The molecule has 6 nitrogen and oxygen atoms in total. The molecule has 2 aromatic carbocycles. The molecular weight excluding hydrogens is 502 g/mol. The summed E-state index contributed by atoms with van der Waals surface area (Å²) in [5.74, 6) is 0.263. The van der Waals surface area contributed by atoms with Gasteiger partial charge in [0.25, 0.3) is 0 Å². The number of likely N-dealkylation sites (tertiary alicyclic amines) is 1. The van der Waals surface area contributed by atoms with Gasteiger partial charge in [-0.15, -0.1) is 0 Å². The molecule has 1 N–H and O–H groups in total. The molecular formula is C25H34BrN3O3S. The summed E-state index contributed by atoms with van der Waals surface area (Å²) in [5.41, 5.74) is 0. The van der Waals surface area contributed by atoms with Crippen molar-refractivity contribution >= 4 is 42.4 Å². The fraction of sp³-hybridized carbons (Fsp3) is 0.560. The van der Waals surface area contributed by atoms with E-state index >= 15 is 0 Å². The molecule has 2 fully saturated rings. The normalized spacial score (nSPS) is 19.1. The highest BCUT2D eigenvalue weighted by Crippen LogP contribution is 2.25. The van der Waals surface area contributed by atoms with Crippen LogP contribution in [0.15, 0.2) is 45.8 Å². The molecule has 0 aliphatic carbocycles. The average molecular weight is 537 g/mol. The quantitative estimate of drug-likeness (QED) is 0.585.